The number of sulfonamides is 1. The Morgan fingerprint density at radius 1 is 1.14 bits per heavy atom. The van der Waals surface area contributed by atoms with Crippen LogP contribution in [0, 0.1) is 6.92 Å². The van der Waals surface area contributed by atoms with E-state index in [-0.39, 0.29) is 27.8 Å². The van der Waals surface area contributed by atoms with E-state index in [1.807, 2.05) is 6.92 Å². The van der Waals surface area contributed by atoms with Gasteiger partial charge < -0.3 is 25.4 Å². The number of aromatic nitrogens is 2. The zero-order valence-electron chi connectivity index (χ0n) is 20.5. The van der Waals surface area contributed by atoms with E-state index in [1.54, 1.807) is 19.1 Å². The number of nitrogens with one attached hydrogen (secondary N) is 2. The van der Waals surface area contributed by atoms with Crippen molar-refractivity contribution in [2.24, 2.45) is 0 Å². The molecule has 0 aliphatic rings. The summed E-state index contributed by atoms with van der Waals surface area (Å²) < 4.78 is 28.6. The third-order valence-corrected chi connectivity index (χ3v) is 7.55. The zero-order chi connectivity index (χ0) is 27.3. The molecule has 0 bridgehead atoms. The molecule has 1 aromatic carbocycles. The Balaban J connectivity index is 2.14. The number of hydrogen-bond donors (Lipinski definition) is 6. The SMILES string of the molecule is CCCC[C@H](NS(=O)(=O)c1ccc(C)cc1)C(=O)c1ncc2[nH]ccc(=O)c2c1C(O)C(O)C(O)CO. The quantitative estimate of drug-likeness (QED) is 0.182. The zero-order valence-corrected chi connectivity index (χ0v) is 21.3. The smallest absolute Gasteiger partial charge is 0.241 e. The van der Waals surface area contributed by atoms with Gasteiger partial charge in [-0.2, -0.15) is 0 Å². The number of hydrogen-bond acceptors (Lipinski definition) is 9. The first kappa shape index (κ1) is 28.6. The first-order chi connectivity index (χ1) is 17.5. The van der Waals surface area contributed by atoms with Crippen LogP contribution in [-0.4, -0.2) is 69.5 Å². The summed E-state index contributed by atoms with van der Waals surface area (Å²) >= 11 is 0. The number of nitrogens with zero attached hydrogens (tertiary/aromatic N) is 1. The van der Waals surface area contributed by atoms with Gasteiger partial charge in [0.05, 0.1) is 34.6 Å². The number of carbonyl (C=O) groups excluding carboxylic acids is 1. The molecule has 200 valence electrons. The summed E-state index contributed by atoms with van der Waals surface area (Å²) in [5.41, 5.74) is -0.413. The number of Topliss-reactive ketones (excluding diaryl/α,β-unsaturated/α-hetero) is 1. The summed E-state index contributed by atoms with van der Waals surface area (Å²) in [6.07, 6.45) is -2.00. The highest BCUT2D eigenvalue weighted by Gasteiger charge is 2.35. The number of aromatic amines is 1. The van der Waals surface area contributed by atoms with Gasteiger partial charge in [0.2, 0.25) is 10.0 Å². The Morgan fingerprint density at radius 2 is 1.81 bits per heavy atom. The highest BCUT2D eigenvalue weighted by molar-refractivity contribution is 7.89. The number of fused-ring (bicyclic) bond motifs is 1. The Hall–Kier alpha value is -3.00. The fourth-order valence-corrected chi connectivity index (χ4v) is 5.19. The fraction of sp³-hybridized carbons (Fsp3) is 0.400. The third-order valence-electron chi connectivity index (χ3n) is 6.06. The molecule has 12 heteroatoms. The summed E-state index contributed by atoms with van der Waals surface area (Å²) in [5, 5.41) is 40.3. The number of unbranched alkanes of at least 4 members (excludes halogenated alkanes) is 1. The molecule has 3 unspecified atom stereocenters. The standard InChI is InChI=1S/C25H31N3O8S/c1-3-4-5-16(28-37(35,36)15-8-6-14(2)7-9-15)23(32)22-21(25(34)24(33)19(31)13-29)20-17(12-27-22)26-11-10-18(20)30/h6-12,16,19,24-25,28-29,31,33-34H,3-5,13H2,1-2H3,(H,26,30)/t16-,19?,24?,25?/m0/s1. The maximum absolute atomic E-state index is 13.7. The molecule has 2 heterocycles. The fourth-order valence-electron chi connectivity index (χ4n) is 3.96. The van der Waals surface area contributed by atoms with Crippen LogP contribution in [0.25, 0.3) is 10.9 Å². The topological polar surface area (TPSA) is 190 Å². The third kappa shape index (κ3) is 6.29. The Labute approximate surface area is 213 Å². The van der Waals surface area contributed by atoms with Crippen molar-refractivity contribution in [3.05, 3.63) is 69.8 Å². The first-order valence-electron chi connectivity index (χ1n) is 11.8. The molecule has 11 nitrogen and oxygen atoms in total. The van der Waals surface area contributed by atoms with Crippen LogP contribution in [0.3, 0.4) is 0 Å². The van der Waals surface area contributed by atoms with Gasteiger partial charge in [0.25, 0.3) is 0 Å². The Bertz CT molecular complexity index is 1410. The van der Waals surface area contributed by atoms with Crippen molar-refractivity contribution in [2.45, 2.75) is 62.4 Å². The number of carbonyl (C=O) groups is 1. The van der Waals surface area contributed by atoms with E-state index in [1.165, 1.54) is 24.5 Å². The number of pyridine rings is 2. The van der Waals surface area contributed by atoms with Crippen LogP contribution in [0.1, 0.15) is 53.9 Å². The van der Waals surface area contributed by atoms with E-state index in [0.29, 0.717) is 12.8 Å². The number of aryl methyl sites for hydroxylation is 1. The van der Waals surface area contributed by atoms with E-state index in [4.69, 9.17) is 0 Å². The van der Waals surface area contributed by atoms with Crippen molar-refractivity contribution in [1.29, 1.82) is 0 Å². The predicted octanol–water partition coefficient (Wildman–Crippen LogP) is 0.699. The van der Waals surface area contributed by atoms with Crippen LogP contribution in [0.4, 0.5) is 0 Å². The summed E-state index contributed by atoms with van der Waals surface area (Å²) in [7, 11) is -4.13. The maximum atomic E-state index is 13.7. The molecule has 2 aromatic heterocycles. The van der Waals surface area contributed by atoms with Crippen molar-refractivity contribution in [3.63, 3.8) is 0 Å². The molecule has 0 amide bonds. The van der Waals surface area contributed by atoms with Crippen LogP contribution in [0.5, 0.6) is 0 Å². The molecular weight excluding hydrogens is 502 g/mol. The number of ketones is 1. The molecule has 0 radical (unpaired) electrons. The van der Waals surface area contributed by atoms with Crippen molar-refractivity contribution in [3.8, 4) is 0 Å². The van der Waals surface area contributed by atoms with Crippen LogP contribution in [0.2, 0.25) is 0 Å². The Morgan fingerprint density at radius 3 is 2.43 bits per heavy atom. The van der Waals surface area contributed by atoms with Crippen molar-refractivity contribution < 1.29 is 33.6 Å². The number of aliphatic hydroxyl groups excluding tert-OH is 4. The van der Waals surface area contributed by atoms with E-state index in [9.17, 15) is 38.4 Å². The maximum Gasteiger partial charge on any atom is 0.241 e. The van der Waals surface area contributed by atoms with E-state index < -0.39 is 57.9 Å². The monoisotopic (exact) mass is 533 g/mol. The van der Waals surface area contributed by atoms with Gasteiger partial charge >= 0.3 is 0 Å². The van der Waals surface area contributed by atoms with Gasteiger partial charge in [-0.05, 0) is 25.5 Å². The minimum atomic E-state index is -4.13. The Kier molecular flexibility index (Phi) is 9.29. The summed E-state index contributed by atoms with van der Waals surface area (Å²) in [6.45, 7) is 2.77. The minimum absolute atomic E-state index is 0.0444. The summed E-state index contributed by atoms with van der Waals surface area (Å²) in [5.74, 6) is -0.825. The molecule has 37 heavy (non-hydrogen) atoms. The van der Waals surface area contributed by atoms with Crippen LogP contribution in [0.15, 0.2) is 52.4 Å². The van der Waals surface area contributed by atoms with Gasteiger partial charge in [0.15, 0.2) is 11.2 Å². The van der Waals surface area contributed by atoms with E-state index in [2.05, 4.69) is 14.7 Å². The highest BCUT2D eigenvalue weighted by Crippen LogP contribution is 2.29. The molecule has 3 aromatic rings. The molecule has 4 atom stereocenters. The highest BCUT2D eigenvalue weighted by atomic mass is 32.2. The van der Waals surface area contributed by atoms with E-state index in [0.717, 1.165) is 11.6 Å². The summed E-state index contributed by atoms with van der Waals surface area (Å²) in [6, 6.07) is 5.91. The van der Waals surface area contributed by atoms with Crippen molar-refractivity contribution in [1.82, 2.24) is 14.7 Å². The second-order valence-electron chi connectivity index (χ2n) is 8.83. The first-order valence-corrected chi connectivity index (χ1v) is 13.3. The largest absolute Gasteiger partial charge is 0.394 e. The molecule has 0 spiro atoms. The number of benzene rings is 1. The van der Waals surface area contributed by atoms with Gasteiger partial charge in [-0.1, -0.05) is 37.5 Å². The molecule has 0 fully saturated rings. The number of H-pyrrole nitrogens is 1. The molecule has 0 saturated heterocycles. The number of aliphatic hydroxyl groups is 4. The van der Waals surface area contributed by atoms with Gasteiger partial charge in [-0.15, -0.1) is 0 Å². The molecule has 3 rings (SSSR count). The normalized spacial score (nSPS) is 15.3. The minimum Gasteiger partial charge on any atom is -0.394 e. The molecule has 0 aliphatic carbocycles. The molecule has 6 N–H and O–H groups in total. The second-order valence-corrected chi connectivity index (χ2v) is 10.5. The lowest BCUT2D eigenvalue weighted by Gasteiger charge is -2.25. The van der Waals surface area contributed by atoms with Crippen LogP contribution >= 0.6 is 0 Å². The molecule has 0 aliphatic heterocycles. The lowest BCUT2D eigenvalue weighted by Crippen LogP contribution is -2.42. The van der Waals surface area contributed by atoms with Crippen molar-refractivity contribution >= 4 is 26.7 Å². The summed E-state index contributed by atoms with van der Waals surface area (Å²) in [4.78, 5) is 33.3. The van der Waals surface area contributed by atoms with Crippen LogP contribution < -0.4 is 10.2 Å². The van der Waals surface area contributed by atoms with Gasteiger partial charge in [-0.3, -0.25) is 14.6 Å². The number of rotatable bonds is 12. The molecule has 0 saturated carbocycles. The van der Waals surface area contributed by atoms with Gasteiger partial charge in [-0.25, -0.2) is 13.1 Å². The van der Waals surface area contributed by atoms with Crippen molar-refractivity contribution in [2.75, 3.05) is 6.61 Å². The second kappa shape index (κ2) is 12.0. The van der Waals surface area contributed by atoms with E-state index >= 15 is 0 Å². The average molecular weight is 534 g/mol. The van der Waals surface area contributed by atoms with Gasteiger partial charge in [0, 0.05) is 17.8 Å². The van der Waals surface area contributed by atoms with Crippen LogP contribution in [-0.2, 0) is 10.0 Å². The lowest BCUT2D eigenvalue weighted by atomic mass is 9.91. The van der Waals surface area contributed by atoms with Gasteiger partial charge in [0.1, 0.15) is 24.0 Å². The predicted molar refractivity (Wildman–Crippen MR) is 136 cm³/mol. The molecular formula is C25H31N3O8S. The average Bonchev–Trinajstić information content (AvgIpc) is 2.89. The lowest BCUT2D eigenvalue weighted by molar-refractivity contribution is -0.0774.